The van der Waals surface area contributed by atoms with Gasteiger partial charge in [0.05, 0.1) is 17.9 Å². The van der Waals surface area contributed by atoms with Crippen molar-refractivity contribution in [2.45, 2.75) is 50.6 Å². The summed E-state index contributed by atoms with van der Waals surface area (Å²) in [6.45, 7) is 13.2. The minimum Gasteiger partial charge on any atom is -0.361 e. The van der Waals surface area contributed by atoms with Crippen molar-refractivity contribution in [3.63, 3.8) is 0 Å². The fourth-order valence-corrected chi connectivity index (χ4v) is 3.85. The van der Waals surface area contributed by atoms with E-state index in [9.17, 15) is 8.60 Å². The summed E-state index contributed by atoms with van der Waals surface area (Å²) in [5.74, 6) is -0.303. The predicted molar refractivity (Wildman–Crippen MR) is 110 cm³/mol. The first-order valence-corrected chi connectivity index (χ1v) is 10.2. The van der Waals surface area contributed by atoms with Gasteiger partial charge in [-0.05, 0) is 62.4 Å². The van der Waals surface area contributed by atoms with E-state index >= 15 is 0 Å². The summed E-state index contributed by atoms with van der Waals surface area (Å²) in [5, 5.41) is 0. The number of rotatable bonds is 5. The van der Waals surface area contributed by atoms with Crippen molar-refractivity contribution < 1.29 is 13.3 Å². The quantitative estimate of drug-likeness (QED) is 0.496. The average Bonchev–Trinajstić information content (AvgIpc) is 3.03. The minimum atomic E-state index is -1.31. The Kier molecular flexibility index (Phi) is 5.78. The monoisotopic (exact) mass is 398 g/mol. The number of nitrogens with zero attached hydrogens (tertiary/aromatic N) is 2. The van der Waals surface area contributed by atoms with E-state index in [-0.39, 0.29) is 5.82 Å². The third-order valence-electron chi connectivity index (χ3n) is 4.76. The van der Waals surface area contributed by atoms with Gasteiger partial charge in [-0.3, -0.25) is 0 Å². The highest BCUT2D eigenvalue weighted by atomic mass is 32.2. The van der Waals surface area contributed by atoms with E-state index in [1.165, 1.54) is 12.1 Å². The Bertz CT molecular complexity index is 958. The average molecular weight is 399 g/mol. The van der Waals surface area contributed by atoms with Gasteiger partial charge in [0, 0.05) is 6.21 Å². The molecule has 0 N–H and O–H groups in total. The Morgan fingerprint density at radius 2 is 2.00 bits per heavy atom. The molecule has 0 spiro atoms. The lowest BCUT2D eigenvalue weighted by Crippen LogP contribution is -2.27. The lowest BCUT2D eigenvalue weighted by Gasteiger charge is -2.30. The van der Waals surface area contributed by atoms with Crippen molar-refractivity contribution in [3.05, 3.63) is 76.4 Å². The summed E-state index contributed by atoms with van der Waals surface area (Å²) in [7, 11) is -1.31. The van der Waals surface area contributed by atoms with E-state index in [4.69, 9.17) is 11.3 Å². The molecule has 0 aromatic heterocycles. The van der Waals surface area contributed by atoms with Crippen LogP contribution in [0.4, 0.5) is 10.1 Å². The Hall–Kier alpha value is -2.36. The molecule has 28 heavy (non-hydrogen) atoms. The molecule has 1 aliphatic heterocycles. The molecule has 2 atom stereocenters. The largest absolute Gasteiger partial charge is 0.361 e. The molecule has 2 aromatic rings. The third-order valence-corrected chi connectivity index (χ3v) is 6.15. The summed E-state index contributed by atoms with van der Waals surface area (Å²) < 4.78 is 35.6. The predicted octanol–water partition coefficient (Wildman–Crippen LogP) is 5.46. The Balaban J connectivity index is 1.93. The summed E-state index contributed by atoms with van der Waals surface area (Å²) in [6, 6.07) is 11.9. The van der Waals surface area contributed by atoms with Crippen LogP contribution in [0.25, 0.3) is 4.85 Å². The molecule has 0 saturated carbocycles. The minimum absolute atomic E-state index is 0.303. The summed E-state index contributed by atoms with van der Waals surface area (Å²) in [5.41, 5.74) is 2.64. The van der Waals surface area contributed by atoms with Crippen LogP contribution in [0.1, 0.15) is 50.3 Å². The summed E-state index contributed by atoms with van der Waals surface area (Å²) in [6.07, 6.45) is 2.82. The van der Waals surface area contributed by atoms with Crippen molar-refractivity contribution >= 4 is 22.9 Å². The number of hydrogen-bond acceptors (Lipinski definition) is 2. The zero-order valence-electron chi connectivity index (χ0n) is 16.2. The van der Waals surface area contributed by atoms with Crippen LogP contribution in [-0.2, 0) is 27.9 Å². The molecular formula is C22H23FN2O2S. The van der Waals surface area contributed by atoms with Crippen LogP contribution in [0.15, 0.2) is 46.9 Å². The van der Waals surface area contributed by atoms with E-state index in [1.807, 2.05) is 32.9 Å². The Morgan fingerprint density at radius 3 is 2.64 bits per heavy atom. The molecule has 0 radical (unpaired) electrons. The fourth-order valence-electron chi connectivity index (χ4n) is 3.30. The van der Waals surface area contributed by atoms with E-state index in [0.717, 1.165) is 16.7 Å². The van der Waals surface area contributed by atoms with Crippen LogP contribution in [0, 0.1) is 12.4 Å². The van der Waals surface area contributed by atoms with Gasteiger partial charge in [0.15, 0.2) is 5.69 Å². The topological polar surface area (TPSA) is 43.0 Å². The van der Waals surface area contributed by atoms with Gasteiger partial charge in [-0.2, -0.15) is 4.40 Å². The molecule has 1 heterocycles. The molecule has 0 amide bonds. The van der Waals surface area contributed by atoms with Crippen LogP contribution >= 0.6 is 0 Å². The van der Waals surface area contributed by atoms with Gasteiger partial charge in [-0.15, -0.1) is 0 Å². The molecule has 2 aromatic carbocycles. The van der Waals surface area contributed by atoms with Crippen molar-refractivity contribution in [2.24, 2.45) is 4.40 Å². The molecule has 0 aliphatic carbocycles. The number of fused-ring (bicyclic) bond motifs is 1. The molecule has 0 fully saturated rings. The van der Waals surface area contributed by atoms with Gasteiger partial charge in [0.1, 0.15) is 22.4 Å². The van der Waals surface area contributed by atoms with Crippen molar-refractivity contribution in [1.29, 1.82) is 0 Å². The SMILES string of the molecule is [C-]#[N+]c1ccc2c(c1)COC2(CCC=NS(=O)C(C)(C)C)c1ccc(F)cc1. The molecule has 146 valence electrons. The standard InChI is InChI=1S/C22H23FN2O2S/c1-21(2,3)28(26)25-13-5-12-22(17-6-8-18(23)9-7-17)20-11-10-19(24-4)14-16(20)15-27-22/h6-11,13-14H,5,12,15H2,1-3H3. The Labute approximate surface area is 167 Å². The number of halogens is 1. The van der Waals surface area contributed by atoms with Gasteiger partial charge < -0.3 is 4.74 Å². The summed E-state index contributed by atoms with van der Waals surface area (Å²) >= 11 is 0. The number of hydrogen-bond donors (Lipinski definition) is 0. The Morgan fingerprint density at radius 1 is 1.29 bits per heavy atom. The summed E-state index contributed by atoms with van der Waals surface area (Å²) in [4.78, 5) is 3.49. The first-order chi connectivity index (χ1) is 13.3. The number of benzene rings is 2. The van der Waals surface area contributed by atoms with E-state index in [1.54, 1.807) is 24.4 Å². The highest BCUT2D eigenvalue weighted by Gasteiger charge is 2.41. The van der Waals surface area contributed by atoms with Crippen LogP contribution < -0.4 is 0 Å². The fraction of sp³-hybridized carbons (Fsp3) is 0.364. The van der Waals surface area contributed by atoms with Gasteiger partial charge in [-0.25, -0.2) is 13.4 Å². The van der Waals surface area contributed by atoms with Crippen molar-refractivity contribution in [2.75, 3.05) is 0 Å². The molecular weight excluding hydrogens is 375 g/mol. The first-order valence-electron chi connectivity index (χ1n) is 9.12. The van der Waals surface area contributed by atoms with Gasteiger partial charge in [-0.1, -0.05) is 30.3 Å². The van der Waals surface area contributed by atoms with Crippen LogP contribution in [0.2, 0.25) is 0 Å². The molecule has 0 saturated heterocycles. The lowest BCUT2D eigenvalue weighted by molar-refractivity contribution is -0.00999. The molecule has 6 heteroatoms. The zero-order chi connectivity index (χ0) is 20.4. The van der Waals surface area contributed by atoms with Gasteiger partial charge in [0.2, 0.25) is 0 Å². The second-order valence-electron chi connectivity index (χ2n) is 7.76. The smallest absolute Gasteiger partial charge is 0.187 e. The van der Waals surface area contributed by atoms with E-state index < -0.39 is 21.3 Å². The van der Waals surface area contributed by atoms with Gasteiger partial charge >= 0.3 is 0 Å². The maximum Gasteiger partial charge on any atom is 0.187 e. The molecule has 1 aliphatic rings. The third kappa shape index (κ3) is 4.06. The zero-order valence-corrected chi connectivity index (χ0v) is 17.1. The maximum atomic E-state index is 13.5. The van der Waals surface area contributed by atoms with Gasteiger partial charge in [0.25, 0.3) is 0 Å². The lowest BCUT2D eigenvalue weighted by atomic mass is 9.82. The van der Waals surface area contributed by atoms with E-state index in [0.29, 0.717) is 25.1 Å². The van der Waals surface area contributed by atoms with Crippen LogP contribution in [0.3, 0.4) is 0 Å². The molecule has 3 rings (SSSR count). The van der Waals surface area contributed by atoms with E-state index in [2.05, 4.69) is 9.24 Å². The van der Waals surface area contributed by atoms with Crippen molar-refractivity contribution in [1.82, 2.24) is 0 Å². The number of ether oxygens (including phenoxy) is 1. The maximum absolute atomic E-state index is 13.5. The second-order valence-corrected chi connectivity index (χ2v) is 9.70. The normalized spacial score (nSPS) is 20.1. The second kappa shape index (κ2) is 7.94. The van der Waals surface area contributed by atoms with Crippen LogP contribution in [-0.4, -0.2) is 15.2 Å². The van der Waals surface area contributed by atoms with Crippen molar-refractivity contribution in [3.8, 4) is 0 Å². The highest BCUT2D eigenvalue weighted by molar-refractivity contribution is 7.85. The van der Waals surface area contributed by atoms with Crippen LogP contribution in [0.5, 0.6) is 0 Å². The molecule has 4 nitrogen and oxygen atoms in total. The highest BCUT2D eigenvalue weighted by Crippen LogP contribution is 2.46. The molecule has 2 unspecified atom stereocenters. The molecule has 0 bridgehead atoms. The first kappa shape index (κ1) is 20.4.